The van der Waals surface area contributed by atoms with Crippen LogP contribution in [0.2, 0.25) is 0 Å². The normalized spacial score (nSPS) is 10.7. The van der Waals surface area contributed by atoms with E-state index in [9.17, 15) is 0 Å². The van der Waals surface area contributed by atoms with Gasteiger partial charge in [0, 0.05) is 12.2 Å². The summed E-state index contributed by atoms with van der Waals surface area (Å²) in [5.74, 6) is 0. The van der Waals surface area contributed by atoms with Gasteiger partial charge in [-0.25, -0.2) is 4.98 Å². The van der Waals surface area contributed by atoms with Crippen molar-refractivity contribution in [2.45, 2.75) is 26.8 Å². The van der Waals surface area contributed by atoms with Gasteiger partial charge in [0.1, 0.15) is 0 Å². The van der Waals surface area contributed by atoms with E-state index in [4.69, 9.17) is 0 Å². The van der Waals surface area contributed by atoms with Crippen molar-refractivity contribution in [2.24, 2.45) is 0 Å². The van der Waals surface area contributed by atoms with E-state index in [1.807, 2.05) is 6.92 Å². The quantitative estimate of drug-likeness (QED) is 0.773. The van der Waals surface area contributed by atoms with Gasteiger partial charge in [-0.1, -0.05) is 24.3 Å². The lowest BCUT2D eigenvalue weighted by molar-refractivity contribution is 0.673. The van der Waals surface area contributed by atoms with E-state index < -0.39 is 0 Å². The van der Waals surface area contributed by atoms with E-state index in [1.165, 1.54) is 11.1 Å². The third kappa shape index (κ3) is 3.17. The Morgan fingerprint density at radius 2 is 2.06 bits per heavy atom. The maximum atomic E-state index is 4.26. The minimum Gasteiger partial charge on any atom is -0.348 e. The summed E-state index contributed by atoms with van der Waals surface area (Å²) in [7, 11) is 0. The van der Waals surface area contributed by atoms with Crippen LogP contribution in [-0.4, -0.2) is 16.5 Å². The van der Waals surface area contributed by atoms with Gasteiger partial charge in [-0.05, 0) is 37.9 Å². The Hall–Kier alpha value is -1.61. The summed E-state index contributed by atoms with van der Waals surface area (Å²) in [5, 5.41) is 3.42. The highest BCUT2D eigenvalue weighted by Gasteiger charge is 2.00. The van der Waals surface area contributed by atoms with E-state index in [-0.39, 0.29) is 0 Å². The molecule has 90 valence electrons. The van der Waals surface area contributed by atoms with Crippen LogP contribution in [0.25, 0.3) is 0 Å². The second kappa shape index (κ2) is 5.64. The highest BCUT2D eigenvalue weighted by molar-refractivity contribution is 5.25. The molecule has 0 bridgehead atoms. The predicted molar refractivity (Wildman–Crippen MR) is 69.9 cm³/mol. The SMILES string of the molecule is Cc1ccccc1CCNCc1nc[nH]c1C. The van der Waals surface area contributed by atoms with Crippen LogP contribution in [0.15, 0.2) is 30.6 Å². The molecule has 0 atom stereocenters. The van der Waals surface area contributed by atoms with Gasteiger partial charge in [0.2, 0.25) is 0 Å². The molecular formula is C14H19N3. The first-order chi connectivity index (χ1) is 8.27. The van der Waals surface area contributed by atoms with Crippen LogP contribution in [0.3, 0.4) is 0 Å². The van der Waals surface area contributed by atoms with Gasteiger partial charge in [0.05, 0.1) is 12.0 Å². The Labute approximate surface area is 102 Å². The highest BCUT2D eigenvalue weighted by atomic mass is 14.9. The number of aromatic nitrogens is 2. The molecule has 0 fully saturated rings. The number of aryl methyl sites for hydroxylation is 2. The molecule has 0 aliphatic heterocycles. The zero-order valence-corrected chi connectivity index (χ0v) is 10.5. The molecule has 1 aromatic heterocycles. The monoisotopic (exact) mass is 229 g/mol. The molecule has 0 aliphatic rings. The first kappa shape index (κ1) is 11.9. The zero-order valence-electron chi connectivity index (χ0n) is 10.5. The van der Waals surface area contributed by atoms with Gasteiger partial charge in [-0.15, -0.1) is 0 Å². The lowest BCUT2D eigenvalue weighted by Gasteiger charge is -2.06. The van der Waals surface area contributed by atoms with Crippen LogP contribution in [0.4, 0.5) is 0 Å². The molecule has 0 radical (unpaired) electrons. The first-order valence-corrected chi connectivity index (χ1v) is 6.01. The molecule has 0 aliphatic carbocycles. The van der Waals surface area contributed by atoms with Gasteiger partial charge in [0.15, 0.2) is 0 Å². The molecule has 2 aromatic rings. The Balaban J connectivity index is 1.77. The van der Waals surface area contributed by atoms with E-state index in [0.717, 1.165) is 30.9 Å². The van der Waals surface area contributed by atoms with E-state index in [1.54, 1.807) is 6.33 Å². The minimum atomic E-state index is 0.835. The highest BCUT2D eigenvalue weighted by Crippen LogP contribution is 2.07. The van der Waals surface area contributed by atoms with Crippen molar-refractivity contribution in [1.29, 1.82) is 0 Å². The number of hydrogen-bond donors (Lipinski definition) is 2. The molecule has 0 unspecified atom stereocenters. The van der Waals surface area contributed by atoms with Gasteiger partial charge in [-0.3, -0.25) is 0 Å². The molecule has 3 heteroatoms. The summed E-state index contributed by atoms with van der Waals surface area (Å²) < 4.78 is 0. The molecule has 0 saturated carbocycles. The van der Waals surface area contributed by atoms with E-state index in [0.29, 0.717) is 0 Å². The maximum absolute atomic E-state index is 4.26. The minimum absolute atomic E-state index is 0.835. The van der Waals surface area contributed by atoms with Gasteiger partial charge >= 0.3 is 0 Å². The van der Waals surface area contributed by atoms with Crippen LogP contribution in [0.5, 0.6) is 0 Å². The second-order valence-corrected chi connectivity index (χ2v) is 4.33. The average molecular weight is 229 g/mol. The fourth-order valence-corrected chi connectivity index (χ4v) is 1.89. The van der Waals surface area contributed by atoms with Crippen LogP contribution >= 0.6 is 0 Å². The molecular weight excluding hydrogens is 210 g/mol. The molecule has 2 N–H and O–H groups in total. The standard InChI is InChI=1S/C14H19N3/c1-11-5-3-4-6-13(11)7-8-15-9-14-12(2)16-10-17-14/h3-6,10,15H,7-9H2,1-2H3,(H,16,17). The van der Waals surface area contributed by atoms with Crippen LogP contribution in [0.1, 0.15) is 22.5 Å². The fourth-order valence-electron chi connectivity index (χ4n) is 1.89. The van der Waals surface area contributed by atoms with Crippen LogP contribution in [-0.2, 0) is 13.0 Å². The molecule has 3 nitrogen and oxygen atoms in total. The number of hydrogen-bond acceptors (Lipinski definition) is 2. The van der Waals surface area contributed by atoms with Crippen molar-refractivity contribution in [3.63, 3.8) is 0 Å². The predicted octanol–water partition coefficient (Wildman–Crippen LogP) is 2.36. The number of nitrogens with zero attached hydrogens (tertiary/aromatic N) is 1. The maximum Gasteiger partial charge on any atom is 0.0925 e. The molecule has 0 saturated heterocycles. The number of aromatic amines is 1. The van der Waals surface area contributed by atoms with Crippen molar-refractivity contribution < 1.29 is 0 Å². The largest absolute Gasteiger partial charge is 0.348 e. The third-order valence-corrected chi connectivity index (χ3v) is 3.06. The summed E-state index contributed by atoms with van der Waals surface area (Å²) in [6.45, 7) is 6.02. The molecule has 1 aromatic carbocycles. The Morgan fingerprint density at radius 1 is 1.24 bits per heavy atom. The molecule has 1 heterocycles. The van der Waals surface area contributed by atoms with Crippen LogP contribution in [0, 0.1) is 13.8 Å². The molecule has 0 amide bonds. The van der Waals surface area contributed by atoms with E-state index >= 15 is 0 Å². The smallest absolute Gasteiger partial charge is 0.0925 e. The summed E-state index contributed by atoms with van der Waals surface area (Å²) in [6, 6.07) is 8.53. The van der Waals surface area contributed by atoms with Gasteiger partial charge in [0.25, 0.3) is 0 Å². The second-order valence-electron chi connectivity index (χ2n) is 4.33. The van der Waals surface area contributed by atoms with Gasteiger partial charge in [-0.2, -0.15) is 0 Å². The van der Waals surface area contributed by atoms with E-state index in [2.05, 4.69) is 46.5 Å². The molecule has 17 heavy (non-hydrogen) atoms. The van der Waals surface area contributed by atoms with Crippen molar-refractivity contribution >= 4 is 0 Å². The third-order valence-electron chi connectivity index (χ3n) is 3.06. The zero-order chi connectivity index (χ0) is 12.1. The van der Waals surface area contributed by atoms with Crippen molar-refractivity contribution in [3.05, 3.63) is 53.1 Å². The lowest BCUT2D eigenvalue weighted by Crippen LogP contribution is -2.17. The number of nitrogens with one attached hydrogen (secondary N) is 2. The number of imidazole rings is 1. The summed E-state index contributed by atoms with van der Waals surface area (Å²) in [6.07, 6.45) is 2.81. The number of rotatable bonds is 5. The number of benzene rings is 1. The topological polar surface area (TPSA) is 40.7 Å². The van der Waals surface area contributed by atoms with Crippen molar-refractivity contribution in [3.8, 4) is 0 Å². The molecule has 0 spiro atoms. The molecule has 2 rings (SSSR count). The van der Waals surface area contributed by atoms with Gasteiger partial charge < -0.3 is 10.3 Å². The summed E-state index contributed by atoms with van der Waals surface area (Å²) >= 11 is 0. The van der Waals surface area contributed by atoms with Crippen molar-refractivity contribution in [2.75, 3.05) is 6.54 Å². The Kier molecular flexibility index (Phi) is 3.94. The first-order valence-electron chi connectivity index (χ1n) is 6.01. The van der Waals surface area contributed by atoms with Crippen molar-refractivity contribution in [1.82, 2.24) is 15.3 Å². The average Bonchev–Trinajstić information content (AvgIpc) is 2.73. The summed E-state index contributed by atoms with van der Waals surface area (Å²) in [5.41, 5.74) is 5.03. The van der Waals surface area contributed by atoms with Crippen LogP contribution < -0.4 is 5.32 Å². The Bertz CT molecular complexity index is 474. The Morgan fingerprint density at radius 3 is 2.76 bits per heavy atom. The number of H-pyrrole nitrogens is 1. The fraction of sp³-hybridized carbons (Fsp3) is 0.357. The summed E-state index contributed by atoms with van der Waals surface area (Å²) in [4.78, 5) is 7.35. The lowest BCUT2D eigenvalue weighted by atomic mass is 10.1.